The lowest BCUT2D eigenvalue weighted by molar-refractivity contribution is 0.112. The summed E-state index contributed by atoms with van der Waals surface area (Å²) in [6.07, 6.45) is 0.601. The van der Waals surface area contributed by atoms with Crippen LogP contribution in [-0.2, 0) is 7.05 Å². The predicted molar refractivity (Wildman–Crippen MR) is 58.7 cm³/mol. The first kappa shape index (κ1) is 11.4. The molecular formula is C12H10F2N2O. The monoisotopic (exact) mass is 236 g/mol. The third kappa shape index (κ3) is 1.84. The van der Waals surface area contributed by atoms with Crippen LogP contribution in [0.5, 0.6) is 0 Å². The minimum absolute atomic E-state index is 0.219. The van der Waals surface area contributed by atoms with Crippen molar-refractivity contribution in [3.05, 3.63) is 41.4 Å². The van der Waals surface area contributed by atoms with Gasteiger partial charge in [-0.05, 0) is 25.1 Å². The SMILES string of the molecule is Cc1nc(C=O)c(-c2ccc(F)c(F)c2)n1C. The maximum atomic E-state index is 13.1. The molecule has 0 saturated carbocycles. The highest BCUT2D eigenvalue weighted by molar-refractivity contribution is 5.84. The highest BCUT2D eigenvalue weighted by Crippen LogP contribution is 2.24. The third-order valence-electron chi connectivity index (χ3n) is 2.65. The predicted octanol–water partition coefficient (Wildman–Crippen LogP) is 2.49. The van der Waals surface area contributed by atoms with Crippen LogP contribution in [0.15, 0.2) is 18.2 Å². The van der Waals surface area contributed by atoms with Crippen LogP contribution in [0.25, 0.3) is 11.3 Å². The minimum atomic E-state index is -0.946. The molecule has 17 heavy (non-hydrogen) atoms. The van der Waals surface area contributed by atoms with Gasteiger partial charge in [0, 0.05) is 12.6 Å². The first-order valence-electron chi connectivity index (χ1n) is 4.98. The van der Waals surface area contributed by atoms with Crippen LogP contribution in [0.1, 0.15) is 16.3 Å². The van der Waals surface area contributed by atoms with Crippen molar-refractivity contribution in [2.24, 2.45) is 7.05 Å². The summed E-state index contributed by atoms with van der Waals surface area (Å²) in [6.45, 7) is 1.73. The van der Waals surface area contributed by atoms with Crippen LogP contribution in [0, 0.1) is 18.6 Å². The van der Waals surface area contributed by atoms with Crippen molar-refractivity contribution in [3.8, 4) is 11.3 Å². The van der Waals surface area contributed by atoms with Gasteiger partial charge in [0.25, 0.3) is 0 Å². The van der Waals surface area contributed by atoms with Gasteiger partial charge in [-0.3, -0.25) is 4.79 Å². The molecule has 0 aliphatic carbocycles. The molecule has 0 radical (unpaired) electrons. The number of imidazole rings is 1. The van der Waals surface area contributed by atoms with Crippen molar-refractivity contribution >= 4 is 6.29 Å². The van der Waals surface area contributed by atoms with Gasteiger partial charge in [0.05, 0.1) is 5.69 Å². The van der Waals surface area contributed by atoms with E-state index in [1.807, 2.05) is 0 Å². The fraction of sp³-hybridized carbons (Fsp3) is 0.167. The Kier molecular flexibility index (Phi) is 2.75. The zero-order valence-electron chi connectivity index (χ0n) is 9.37. The number of hydrogen-bond donors (Lipinski definition) is 0. The summed E-state index contributed by atoms with van der Waals surface area (Å²) in [5.41, 5.74) is 1.13. The van der Waals surface area contributed by atoms with Crippen molar-refractivity contribution in [3.63, 3.8) is 0 Å². The van der Waals surface area contributed by atoms with Crippen molar-refractivity contribution < 1.29 is 13.6 Å². The quantitative estimate of drug-likeness (QED) is 0.751. The fourth-order valence-electron chi connectivity index (χ4n) is 1.70. The molecule has 2 aromatic rings. The van der Waals surface area contributed by atoms with E-state index in [1.165, 1.54) is 6.07 Å². The zero-order chi connectivity index (χ0) is 12.6. The number of carbonyl (C=O) groups excluding carboxylic acids is 1. The Morgan fingerprint density at radius 3 is 2.59 bits per heavy atom. The van der Waals surface area contributed by atoms with Crippen LogP contribution in [0.2, 0.25) is 0 Å². The number of aromatic nitrogens is 2. The maximum Gasteiger partial charge on any atom is 0.170 e. The molecule has 0 bridgehead atoms. The Labute approximate surface area is 96.7 Å². The molecule has 0 N–H and O–H groups in total. The first-order valence-corrected chi connectivity index (χ1v) is 4.98. The Morgan fingerprint density at radius 2 is 2.00 bits per heavy atom. The average Bonchev–Trinajstić information content (AvgIpc) is 2.59. The summed E-state index contributed by atoms with van der Waals surface area (Å²) in [7, 11) is 1.71. The highest BCUT2D eigenvalue weighted by Gasteiger charge is 2.15. The Morgan fingerprint density at radius 1 is 1.29 bits per heavy atom. The Bertz CT molecular complexity index is 590. The van der Waals surface area contributed by atoms with E-state index >= 15 is 0 Å². The highest BCUT2D eigenvalue weighted by atomic mass is 19.2. The van der Waals surface area contributed by atoms with Gasteiger partial charge in [-0.1, -0.05) is 0 Å². The van der Waals surface area contributed by atoms with Crippen LogP contribution in [0.4, 0.5) is 8.78 Å². The molecule has 0 fully saturated rings. The summed E-state index contributed by atoms with van der Waals surface area (Å²) in [4.78, 5) is 14.9. The van der Waals surface area contributed by atoms with Crippen molar-refractivity contribution in [1.29, 1.82) is 0 Å². The molecule has 3 nitrogen and oxygen atoms in total. The van der Waals surface area contributed by atoms with Crippen molar-refractivity contribution in [2.45, 2.75) is 6.92 Å². The number of benzene rings is 1. The number of halogens is 2. The van der Waals surface area contributed by atoms with Gasteiger partial charge >= 0.3 is 0 Å². The first-order chi connectivity index (χ1) is 8.04. The number of hydrogen-bond acceptors (Lipinski definition) is 2. The molecule has 0 saturated heterocycles. The second-order valence-electron chi connectivity index (χ2n) is 3.70. The lowest BCUT2D eigenvalue weighted by atomic mass is 10.1. The van der Waals surface area contributed by atoms with Crippen molar-refractivity contribution in [1.82, 2.24) is 9.55 Å². The van der Waals surface area contributed by atoms with E-state index in [4.69, 9.17) is 0 Å². The van der Waals surface area contributed by atoms with Gasteiger partial charge < -0.3 is 4.57 Å². The van der Waals surface area contributed by atoms with Crippen LogP contribution in [0.3, 0.4) is 0 Å². The van der Waals surface area contributed by atoms with Crippen molar-refractivity contribution in [2.75, 3.05) is 0 Å². The smallest absolute Gasteiger partial charge is 0.170 e. The number of rotatable bonds is 2. The molecule has 0 amide bonds. The molecule has 88 valence electrons. The van der Waals surface area contributed by atoms with Gasteiger partial charge in [-0.2, -0.15) is 0 Å². The maximum absolute atomic E-state index is 13.1. The van der Waals surface area contributed by atoms with Gasteiger partial charge in [0.2, 0.25) is 0 Å². The minimum Gasteiger partial charge on any atom is -0.331 e. The van der Waals surface area contributed by atoms with Crippen LogP contribution in [-0.4, -0.2) is 15.8 Å². The fourth-order valence-corrected chi connectivity index (χ4v) is 1.70. The topological polar surface area (TPSA) is 34.9 Å². The lowest BCUT2D eigenvalue weighted by Crippen LogP contribution is -1.96. The molecule has 1 aromatic heterocycles. The van der Waals surface area contributed by atoms with E-state index in [9.17, 15) is 13.6 Å². The summed E-state index contributed by atoms with van der Waals surface area (Å²) in [5, 5.41) is 0. The lowest BCUT2D eigenvalue weighted by Gasteiger charge is -2.05. The summed E-state index contributed by atoms with van der Waals surface area (Å²) in [5.74, 6) is -1.23. The second-order valence-corrected chi connectivity index (χ2v) is 3.70. The summed E-state index contributed by atoms with van der Waals surface area (Å²) >= 11 is 0. The molecule has 0 unspecified atom stereocenters. The van der Waals surface area contributed by atoms with E-state index in [0.717, 1.165) is 12.1 Å². The molecule has 0 aliphatic rings. The number of aryl methyl sites for hydroxylation is 1. The molecule has 0 atom stereocenters. The molecule has 1 heterocycles. The molecule has 1 aromatic carbocycles. The van der Waals surface area contributed by atoms with Crippen LogP contribution >= 0.6 is 0 Å². The standard InChI is InChI=1S/C12H10F2N2O/c1-7-15-11(6-17)12(16(7)2)8-3-4-9(13)10(14)5-8/h3-6H,1-2H3. The molecule has 2 rings (SSSR count). The van der Waals surface area contributed by atoms with Gasteiger partial charge in [-0.25, -0.2) is 13.8 Å². The molecule has 0 spiro atoms. The Balaban J connectivity index is 2.67. The summed E-state index contributed by atoms with van der Waals surface area (Å²) < 4.78 is 27.6. The van der Waals surface area contributed by atoms with Gasteiger partial charge in [0.1, 0.15) is 11.5 Å². The van der Waals surface area contributed by atoms with Crippen LogP contribution < -0.4 is 0 Å². The average molecular weight is 236 g/mol. The largest absolute Gasteiger partial charge is 0.331 e. The van der Waals surface area contributed by atoms with E-state index in [2.05, 4.69) is 4.98 Å². The molecule has 0 aliphatic heterocycles. The van der Waals surface area contributed by atoms with E-state index < -0.39 is 11.6 Å². The molecular weight excluding hydrogens is 226 g/mol. The van der Waals surface area contributed by atoms with Gasteiger partial charge in [-0.15, -0.1) is 0 Å². The normalized spacial score (nSPS) is 10.6. The number of carbonyl (C=O) groups is 1. The zero-order valence-corrected chi connectivity index (χ0v) is 9.37. The number of nitrogens with zero attached hydrogens (tertiary/aromatic N) is 2. The third-order valence-corrected chi connectivity index (χ3v) is 2.65. The van der Waals surface area contributed by atoms with E-state index in [0.29, 0.717) is 23.4 Å². The molecule has 5 heteroatoms. The summed E-state index contributed by atoms with van der Waals surface area (Å²) in [6, 6.07) is 3.50. The van der Waals surface area contributed by atoms with E-state index in [1.54, 1.807) is 18.5 Å². The Hall–Kier alpha value is -2.04. The van der Waals surface area contributed by atoms with E-state index in [-0.39, 0.29) is 5.69 Å². The van der Waals surface area contributed by atoms with Gasteiger partial charge in [0.15, 0.2) is 17.9 Å². The second kappa shape index (κ2) is 4.08. The number of aldehydes is 1.